The van der Waals surface area contributed by atoms with Crippen LogP contribution in [0.15, 0.2) is 48.2 Å². The summed E-state index contributed by atoms with van der Waals surface area (Å²) in [4.78, 5) is 14.5. The Balaban J connectivity index is 1.39. The third-order valence-electron chi connectivity index (χ3n) is 6.13. The minimum Gasteiger partial charge on any atom is -0.509 e. The zero-order valence-corrected chi connectivity index (χ0v) is 18.4. The van der Waals surface area contributed by atoms with E-state index in [0.29, 0.717) is 18.0 Å². The summed E-state index contributed by atoms with van der Waals surface area (Å²) in [7, 11) is 2.15. The predicted octanol–water partition coefficient (Wildman–Crippen LogP) is 3.48. The first-order valence-corrected chi connectivity index (χ1v) is 11.0. The summed E-state index contributed by atoms with van der Waals surface area (Å²) in [5.41, 5.74) is 4.16. The first-order chi connectivity index (χ1) is 15.5. The second-order valence-corrected chi connectivity index (χ2v) is 8.26. The van der Waals surface area contributed by atoms with E-state index in [4.69, 9.17) is 10.1 Å². The van der Waals surface area contributed by atoms with Crippen molar-refractivity contribution in [3.05, 3.63) is 54.0 Å². The second-order valence-electron chi connectivity index (χ2n) is 8.26. The number of aliphatic hydroxyl groups is 1. The van der Waals surface area contributed by atoms with Gasteiger partial charge in [0.15, 0.2) is 0 Å². The number of nitrogens with one attached hydrogen (secondary N) is 2. The average molecular weight is 433 g/mol. The highest BCUT2D eigenvalue weighted by Crippen LogP contribution is 2.32. The molecule has 1 saturated heterocycles. The number of imidazole rings is 1. The molecule has 8 heteroatoms. The van der Waals surface area contributed by atoms with Crippen LogP contribution in [0.5, 0.6) is 5.75 Å². The van der Waals surface area contributed by atoms with Crippen LogP contribution in [-0.4, -0.2) is 72.2 Å². The number of benzene rings is 2. The Hall–Kier alpha value is -3.52. The quantitative estimate of drug-likeness (QED) is 0.572. The maximum Gasteiger partial charge on any atom is 0.145 e. The van der Waals surface area contributed by atoms with E-state index in [0.717, 1.165) is 54.3 Å². The van der Waals surface area contributed by atoms with Gasteiger partial charge in [-0.05, 0) is 56.4 Å². The number of ether oxygens (including phenoxy) is 1. The van der Waals surface area contributed by atoms with Gasteiger partial charge in [0, 0.05) is 37.6 Å². The molecule has 0 aliphatic carbocycles. The summed E-state index contributed by atoms with van der Waals surface area (Å²) in [5, 5.41) is 19.4. The molecule has 2 aromatic carbocycles. The highest BCUT2D eigenvalue weighted by Gasteiger charge is 2.31. The van der Waals surface area contributed by atoms with Crippen molar-refractivity contribution in [1.29, 1.82) is 5.41 Å². The van der Waals surface area contributed by atoms with Gasteiger partial charge in [0.1, 0.15) is 23.2 Å². The molecule has 0 spiro atoms. The first-order valence-electron chi connectivity index (χ1n) is 11.0. The van der Waals surface area contributed by atoms with E-state index >= 15 is 0 Å². The zero-order valence-electron chi connectivity index (χ0n) is 18.4. The molecule has 0 saturated carbocycles. The number of likely N-dealkylation sites (N-methyl/N-ethyl adjacent to an activating group) is 1. The van der Waals surface area contributed by atoms with Crippen molar-refractivity contribution < 1.29 is 9.84 Å². The fourth-order valence-electron chi connectivity index (χ4n) is 4.32. The fraction of sp³-hybridized carbons (Fsp3) is 0.333. The average Bonchev–Trinajstić information content (AvgIpc) is 3.34. The maximum absolute atomic E-state index is 10.7. The molecule has 1 fully saturated rings. The van der Waals surface area contributed by atoms with E-state index in [1.54, 1.807) is 4.90 Å². The molecular formula is C24H28N6O2. The number of aromatic amines is 1. The smallest absolute Gasteiger partial charge is 0.145 e. The van der Waals surface area contributed by atoms with Crippen molar-refractivity contribution in [1.82, 2.24) is 14.9 Å². The molecule has 0 unspecified atom stereocenters. The molecule has 166 valence electrons. The van der Waals surface area contributed by atoms with Crippen molar-refractivity contribution in [2.24, 2.45) is 0 Å². The van der Waals surface area contributed by atoms with E-state index in [-0.39, 0.29) is 18.1 Å². The number of nitrogens with zero attached hydrogens (tertiary/aromatic N) is 4. The SMILES string of the molecule is CCOc1ccc(N2CC(O)=C(c3nc4ccc(N5CCN(C)CC5)cc4[nH]3)C2=N)cc1. The van der Waals surface area contributed by atoms with Gasteiger partial charge in [0.25, 0.3) is 0 Å². The highest BCUT2D eigenvalue weighted by atomic mass is 16.5. The van der Waals surface area contributed by atoms with Crippen LogP contribution < -0.4 is 14.5 Å². The molecule has 2 aliphatic heterocycles. The van der Waals surface area contributed by atoms with Crippen LogP contribution in [0.25, 0.3) is 16.6 Å². The van der Waals surface area contributed by atoms with E-state index < -0.39 is 0 Å². The molecule has 1 aromatic heterocycles. The summed E-state index contributed by atoms with van der Waals surface area (Å²) in [6, 6.07) is 13.8. The van der Waals surface area contributed by atoms with Crippen molar-refractivity contribution in [2.45, 2.75) is 6.92 Å². The third kappa shape index (κ3) is 3.67. The van der Waals surface area contributed by atoms with Crippen LogP contribution in [-0.2, 0) is 0 Å². The van der Waals surface area contributed by atoms with Gasteiger partial charge >= 0.3 is 0 Å². The van der Waals surface area contributed by atoms with Crippen molar-refractivity contribution >= 4 is 33.8 Å². The number of anilines is 2. The molecule has 5 rings (SSSR count). The third-order valence-corrected chi connectivity index (χ3v) is 6.13. The van der Waals surface area contributed by atoms with Crippen molar-refractivity contribution in [2.75, 3.05) is 56.2 Å². The first kappa shape index (κ1) is 20.4. The Kier molecular flexibility index (Phi) is 5.22. The lowest BCUT2D eigenvalue weighted by atomic mass is 10.2. The van der Waals surface area contributed by atoms with Gasteiger partial charge in [0.05, 0.1) is 29.8 Å². The Morgan fingerprint density at radius 1 is 1.06 bits per heavy atom. The van der Waals surface area contributed by atoms with Crippen LogP contribution >= 0.6 is 0 Å². The minimum atomic E-state index is 0.141. The van der Waals surface area contributed by atoms with Gasteiger partial charge in [-0.15, -0.1) is 0 Å². The Morgan fingerprint density at radius 2 is 1.78 bits per heavy atom. The molecule has 0 atom stereocenters. The number of fused-ring (bicyclic) bond motifs is 1. The molecule has 3 N–H and O–H groups in total. The summed E-state index contributed by atoms with van der Waals surface area (Å²) in [6.07, 6.45) is 0. The lowest BCUT2D eigenvalue weighted by Gasteiger charge is -2.34. The number of amidine groups is 1. The van der Waals surface area contributed by atoms with E-state index in [9.17, 15) is 5.11 Å². The Labute approximate surface area is 187 Å². The van der Waals surface area contributed by atoms with Crippen LogP contribution in [0.1, 0.15) is 12.7 Å². The number of aromatic nitrogens is 2. The Morgan fingerprint density at radius 3 is 2.50 bits per heavy atom. The summed E-state index contributed by atoms with van der Waals surface area (Å²) < 4.78 is 5.50. The summed E-state index contributed by atoms with van der Waals surface area (Å²) in [6.45, 7) is 6.88. The molecule has 32 heavy (non-hydrogen) atoms. The number of aliphatic hydroxyl groups excluding tert-OH is 1. The molecule has 3 aromatic rings. The van der Waals surface area contributed by atoms with Gasteiger partial charge in [0.2, 0.25) is 0 Å². The normalized spacial score (nSPS) is 17.6. The number of rotatable bonds is 5. The standard InChI is InChI=1S/C24H28N6O2/c1-3-32-18-7-4-16(5-8-18)30-15-21(31)22(23(30)25)24-26-19-9-6-17(14-20(19)27-24)29-12-10-28(2)11-13-29/h4-9,14,25,31H,3,10-13,15H2,1-2H3,(H,26,27). The van der Waals surface area contributed by atoms with Crippen LogP contribution in [0.4, 0.5) is 11.4 Å². The summed E-state index contributed by atoms with van der Waals surface area (Å²) >= 11 is 0. The van der Waals surface area contributed by atoms with Crippen molar-refractivity contribution in [3.8, 4) is 5.75 Å². The van der Waals surface area contributed by atoms with Crippen LogP contribution in [0, 0.1) is 5.41 Å². The Bertz CT molecular complexity index is 1170. The number of H-pyrrole nitrogens is 1. The topological polar surface area (TPSA) is 91.7 Å². The fourth-order valence-corrected chi connectivity index (χ4v) is 4.32. The molecule has 3 heterocycles. The van der Waals surface area contributed by atoms with E-state index in [1.807, 2.05) is 37.3 Å². The lowest BCUT2D eigenvalue weighted by molar-refractivity contribution is 0.313. The minimum absolute atomic E-state index is 0.141. The monoisotopic (exact) mass is 432 g/mol. The molecule has 2 aliphatic rings. The summed E-state index contributed by atoms with van der Waals surface area (Å²) in [5.74, 6) is 1.67. The highest BCUT2D eigenvalue weighted by molar-refractivity contribution is 6.30. The maximum atomic E-state index is 10.7. The predicted molar refractivity (Wildman–Crippen MR) is 128 cm³/mol. The van der Waals surface area contributed by atoms with Gasteiger partial charge in [-0.1, -0.05) is 0 Å². The van der Waals surface area contributed by atoms with Gasteiger partial charge in [-0.2, -0.15) is 0 Å². The van der Waals surface area contributed by atoms with Crippen LogP contribution in [0.3, 0.4) is 0 Å². The van der Waals surface area contributed by atoms with Gasteiger partial charge in [-0.3, -0.25) is 5.41 Å². The molecule has 8 nitrogen and oxygen atoms in total. The molecule has 0 radical (unpaired) electrons. The van der Waals surface area contributed by atoms with Gasteiger partial charge in [-0.25, -0.2) is 4.98 Å². The van der Waals surface area contributed by atoms with E-state index in [1.165, 1.54) is 0 Å². The van der Waals surface area contributed by atoms with Crippen LogP contribution in [0.2, 0.25) is 0 Å². The van der Waals surface area contributed by atoms with Crippen molar-refractivity contribution in [3.63, 3.8) is 0 Å². The van der Waals surface area contributed by atoms with Gasteiger partial charge < -0.3 is 29.5 Å². The lowest BCUT2D eigenvalue weighted by Crippen LogP contribution is -2.44. The van der Waals surface area contributed by atoms with E-state index in [2.05, 4.69) is 38.9 Å². The molecule has 0 bridgehead atoms. The zero-order chi connectivity index (χ0) is 22.2. The molecular weight excluding hydrogens is 404 g/mol. The second kappa shape index (κ2) is 8.20. The largest absolute Gasteiger partial charge is 0.509 e. The molecule has 0 amide bonds. The number of hydrogen-bond acceptors (Lipinski definition) is 6. The number of piperazine rings is 1. The number of hydrogen-bond donors (Lipinski definition) is 3.